The zero-order chi connectivity index (χ0) is 14.4. The van der Waals surface area contributed by atoms with Crippen LogP contribution in [0.2, 0.25) is 0 Å². The average Bonchev–Trinajstić information content (AvgIpc) is 3.15. The van der Waals surface area contributed by atoms with Gasteiger partial charge in [-0.2, -0.15) is 0 Å². The molecule has 2 aliphatic rings. The highest BCUT2D eigenvalue weighted by Crippen LogP contribution is 2.34. The summed E-state index contributed by atoms with van der Waals surface area (Å²) >= 11 is 1.82. The summed E-state index contributed by atoms with van der Waals surface area (Å²) in [5.41, 5.74) is 5.00. The Balaban J connectivity index is 1.63. The maximum Gasteiger partial charge on any atom is 0.254 e. The minimum absolute atomic E-state index is 0.189. The van der Waals surface area contributed by atoms with E-state index in [4.69, 9.17) is 0 Å². The summed E-state index contributed by atoms with van der Waals surface area (Å²) in [6.07, 6.45) is 4.52. The molecule has 1 amide bonds. The number of hydrogen-bond acceptors (Lipinski definition) is 2. The van der Waals surface area contributed by atoms with Gasteiger partial charge in [0.15, 0.2) is 0 Å². The smallest absolute Gasteiger partial charge is 0.254 e. The number of fused-ring (bicyclic) bond motifs is 2. The predicted molar refractivity (Wildman–Crippen MR) is 85.9 cm³/mol. The first-order valence-electron chi connectivity index (χ1n) is 7.73. The molecule has 0 N–H and O–H groups in total. The van der Waals surface area contributed by atoms with E-state index in [2.05, 4.69) is 30.5 Å². The fraction of sp³-hybridized carbons (Fsp3) is 0.389. The number of carbonyl (C=O) groups excluding carboxylic acids is 1. The van der Waals surface area contributed by atoms with E-state index in [1.165, 1.54) is 34.4 Å². The van der Waals surface area contributed by atoms with Gasteiger partial charge in [0.25, 0.3) is 5.91 Å². The second-order valence-corrected chi connectivity index (χ2v) is 7.06. The number of amides is 1. The Kier molecular flexibility index (Phi) is 3.11. The summed E-state index contributed by atoms with van der Waals surface area (Å²) < 4.78 is 0. The van der Waals surface area contributed by atoms with Gasteiger partial charge < -0.3 is 4.90 Å². The molecule has 0 saturated carbocycles. The first-order chi connectivity index (χ1) is 10.2. The molecule has 0 fully saturated rings. The molecule has 3 heteroatoms. The van der Waals surface area contributed by atoms with E-state index in [0.29, 0.717) is 0 Å². The molecule has 1 aromatic carbocycles. The van der Waals surface area contributed by atoms with Crippen LogP contribution < -0.4 is 0 Å². The predicted octanol–water partition coefficient (Wildman–Crippen LogP) is 4.00. The molecule has 4 rings (SSSR count). The Hall–Kier alpha value is -1.61. The van der Waals surface area contributed by atoms with Crippen LogP contribution in [0.1, 0.15) is 51.3 Å². The van der Waals surface area contributed by atoms with Gasteiger partial charge in [0.05, 0.1) is 6.04 Å². The van der Waals surface area contributed by atoms with Gasteiger partial charge in [-0.1, -0.05) is 6.07 Å². The zero-order valence-corrected chi connectivity index (χ0v) is 13.1. The van der Waals surface area contributed by atoms with Crippen LogP contribution >= 0.6 is 11.3 Å². The number of nitrogens with zero attached hydrogens (tertiary/aromatic N) is 1. The first kappa shape index (κ1) is 13.1. The molecule has 2 heterocycles. The van der Waals surface area contributed by atoms with Crippen LogP contribution in [0.3, 0.4) is 0 Å². The molecule has 0 spiro atoms. The highest BCUT2D eigenvalue weighted by molar-refractivity contribution is 7.10. The molecule has 2 nitrogen and oxygen atoms in total. The van der Waals surface area contributed by atoms with Crippen molar-refractivity contribution in [1.82, 2.24) is 4.90 Å². The summed E-state index contributed by atoms with van der Waals surface area (Å²) in [6.45, 7) is 2.99. The molecular formula is C18H19NOS. The molecule has 0 radical (unpaired) electrons. The molecule has 1 aliphatic heterocycles. The van der Waals surface area contributed by atoms with E-state index in [1.54, 1.807) is 0 Å². The van der Waals surface area contributed by atoms with Crippen LogP contribution in [0.4, 0.5) is 0 Å². The van der Waals surface area contributed by atoms with Crippen molar-refractivity contribution in [2.45, 2.75) is 38.6 Å². The highest BCUT2D eigenvalue weighted by atomic mass is 32.1. The van der Waals surface area contributed by atoms with Crippen molar-refractivity contribution in [3.63, 3.8) is 0 Å². The average molecular weight is 297 g/mol. The van der Waals surface area contributed by atoms with Crippen LogP contribution in [-0.2, 0) is 19.3 Å². The van der Waals surface area contributed by atoms with Crippen LogP contribution in [0, 0.1) is 0 Å². The third-order valence-corrected chi connectivity index (χ3v) is 5.88. The molecule has 21 heavy (non-hydrogen) atoms. The molecule has 1 atom stereocenters. The van der Waals surface area contributed by atoms with Crippen molar-refractivity contribution in [2.24, 2.45) is 0 Å². The number of hydrogen-bond donors (Lipinski definition) is 0. The Morgan fingerprint density at radius 3 is 2.95 bits per heavy atom. The third-order valence-electron chi connectivity index (χ3n) is 4.88. The Morgan fingerprint density at radius 2 is 2.05 bits per heavy atom. The summed E-state index contributed by atoms with van der Waals surface area (Å²) in [7, 11) is 0. The van der Waals surface area contributed by atoms with Crippen molar-refractivity contribution in [3.8, 4) is 0 Å². The van der Waals surface area contributed by atoms with Crippen molar-refractivity contribution in [2.75, 3.05) is 6.54 Å². The van der Waals surface area contributed by atoms with Crippen molar-refractivity contribution < 1.29 is 4.79 Å². The third kappa shape index (κ3) is 2.11. The number of benzene rings is 1. The summed E-state index contributed by atoms with van der Waals surface area (Å²) in [6, 6.07) is 8.66. The van der Waals surface area contributed by atoms with Gasteiger partial charge >= 0.3 is 0 Å². The van der Waals surface area contributed by atoms with Crippen LogP contribution in [-0.4, -0.2) is 17.4 Å². The minimum atomic E-state index is 0.189. The maximum absolute atomic E-state index is 12.9. The SMILES string of the molecule is C[C@H]1c2ccsc2CCN1C(=O)c1ccc2c(c1)CCC2. The fourth-order valence-electron chi connectivity index (χ4n) is 3.66. The molecular weight excluding hydrogens is 278 g/mol. The zero-order valence-electron chi connectivity index (χ0n) is 12.3. The molecule has 2 aromatic rings. The quantitative estimate of drug-likeness (QED) is 0.779. The normalized spacial score (nSPS) is 20.2. The van der Waals surface area contributed by atoms with Gasteiger partial charge in [-0.05, 0) is 72.9 Å². The number of aryl methyl sites for hydroxylation is 2. The standard InChI is InChI=1S/C18H19NOS/c1-12-16-8-10-21-17(16)7-9-19(12)18(20)15-6-5-13-3-2-4-14(13)11-15/h5-6,8,10-12H,2-4,7,9H2,1H3/t12-/m0/s1. The van der Waals surface area contributed by atoms with Crippen LogP contribution in [0.5, 0.6) is 0 Å². The van der Waals surface area contributed by atoms with Crippen molar-refractivity contribution in [1.29, 1.82) is 0 Å². The van der Waals surface area contributed by atoms with Crippen LogP contribution in [0.15, 0.2) is 29.6 Å². The topological polar surface area (TPSA) is 20.3 Å². The molecule has 0 unspecified atom stereocenters. The lowest BCUT2D eigenvalue weighted by atomic mass is 9.99. The first-order valence-corrected chi connectivity index (χ1v) is 8.61. The fourth-order valence-corrected chi connectivity index (χ4v) is 4.62. The largest absolute Gasteiger partial charge is 0.331 e. The number of carbonyl (C=O) groups is 1. The van der Waals surface area contributed by atoms with Gasteiger partial charge in [-0.3, -0.25) is 4.79 Å². The molecule has 0 bridgehead atoms. The van der Waals surface area contributed by atoms with Gasteiger partial charge in [-0.25, -0.2) is 0 Å². The van der Waals surface area contributed by atoms with Crippen LogP contribution in [0.25, 0.3) is 0 Å². The van der Waals surface area contributed by atoms with Gasteiger partial charge in [0.1, 0.15) is 0 Å². The molecule has 1 aromatic heterocycles. The number of rotatable bonds is 1. The van der Waals surface area contributed by atoms with Crippen molar-refractivity contribution in [3.05, 3.63) is 56.8 Å². The van der Waals surface area contributed by atoms with E-state index in [-0.39, 0.29) is 11.9 Å². The van der Waals surface area contributed by atoms with E-state index in [9.17, 15) is 4.79 Å². The van der Waals surface area contributed by atoms with E-state index in [1.807, 2.05) is 22.3 Å². The summed E-state index contributed by atoms with van der Waals surface area (Å²) in [5.74, 6) is 0.189. The van der Waals surface area contributed by atoms with E-state index in [0.717, 1.165) is 24.9 Å². The summed E-state index contributed by atoms with van der Waals surface area (Å²) in [4.78, 5) is 16.3. The highest BCUT2D eigenvalue weighted by Gasteiger charge is 2.29. The lowest BCUT2D eigenvalue weighted by molar-refractivity contribution is 0.0679. The second-order valence-electron chi connectivity index (χ2n) is 6.06. The lowest BCUT2D eigenvalue weighted by Gasteiger charge is -2.33. The van der Waals surface area contributed by atoms with Gasteiger partial charge in [-0.15, -0.1) is 11.3 Å². The maximum atomic E-state index is 12.9. The molecule has 108 valence electrons. The van der Waals surface area contributed by atoms with Crippen molar-refractivity contribution >= 4 is 17.2 Å². The van der Waals surface area contributed by atoms with Gasteiger partial charge in [0.2, 0.25) is 0 Å². The second kappa shape index (κ2) is 4.99. The minimum Gasteiger partial charge on any atom is -0.331 e. The Morgan fingerprint density at radius 1 is 1.19 bits per heavy atom. The Bertz CT molecular complexity index is 703. The lowest BCUT2D eigenvalue weighted by Crippen LogP contribution is -2.38. The van der Waals surface area contributed by atoms with E-state index < -0.39 is 0 Å². The molecule has 0 saturated heterocycles. The molecule has 1 aliphatic carbocycles. The number of thiophene rings is 1. The Labute approximate surface area is 129 Å². The van der Waals surface area contributed by atoms with E-state index >= 15 is 0 Å². The van der Waals surface area contributed by atoms with Gasteiger partial charge in [0, 0.05) is 17.0 Å². The summed E-state index contributed by atoms with van der Waals surface area (Å²) in [5, 5.41) is 2.14. The monoisotopic (exact) mass is 297 g/mol.